The van der Waals surface area contributed by atoms with E-state index in [1.807, 2.05) is 74.4 Å². The summed E-state index contributed by atoms with van der Waals surface area (Å²) in [6.07, 6.45) is 1.54. The number of benzene rings is 2. The van der Waals surface area contributed by atoms with Gasteiger partial charge in [-0.15, -0.1) is 0 Å². The van der Waals surface area contributed by atoms with Crippen LogP contribution in [0.4, 0.5) is 11.4 Å². The maximum absolute atomic E-state index is 12.5. The Morgan fingerprint density at radius 1 is 1.08 bits per heavy atom. The number of nitrogens with one attached hydrogen (secondary N) is 1. The molecular formula is C19H20N4OS. The second kappa shape index (κ2) is 7.53. The molecule has 0 aliphatic heterocycles. The van der Waals surface area contributed by atoms with Crippen LogP contribution in [0.2, 0.25) is 0 Å². The number of para-hydroxylation sites is 1. The monoisotopic (exact) mass is 352 g/mol. The Balaban J connectivity index is 1.70. The minimum Gasteiger partial charge on any atom is -0.378 e. The van der Waals surface area contributed by atoms with E-state index in [2.05, 4.69) is 15.3 Å². The van der Waals surface area contributed by atoms with Gasteiger partial charge in [-0.25, -0.2) is 9.97 Å². The SMILES string of the molecule is C[C@H](Sc1ncnc2ccccc12)C(=O)Nc1ccc(N(C)C)cc1. The van der Waals surface area contributed by atoms with Crippen LogP contribution < -0.4 is 10.2 Å². The molecule has 25 heavy (non-hydrogen) atoms. The highest BCUT2D eigenvalue weighted by molar-refractivity contribution is 8.00. The number of nitrogens with zero attached hydrogens (tertiary/aromatic N) is 3. The quantitative estimate of drug-likeness (QED) is 0.559. The summed E-state index contributed by atoms with van der Waals surface area (Å²) < 4.78 is 0. The summed E-state index contributed by atoms with van der Waals surface area (Å²) in [5, 5.41) is 4.46. The van der Waals surface area contributed by atoms with E-state index in [1.54, 1.807) is 0 Å². The predicted octanol–water partition coefficient (Wildman–Crippen LogP) is 3.82. The third kappa shape index (κ3) is 4.09. The molecule has 0 aliphatic carbocycles. The molecule has 1 aromatic heterocycles. The average Bonchev–Trinajstić information content (AvgIpc) is 2.62. The van der Waals surface area contributed by atoms with E-state index in [0.717, 1.165) is 27.3 Å². The Morgan fingerprint density at radius 3 is 2.52 bits per heavy atom. The van der Waals surface area contributed by atoms with E-state index >= 15 is 0 Å². The Labute approximate surface area is 151 Å². The number of thioether (sulfide) groups is 1. The molecule has 0 fully saturated rings. The van der Waals surface area contributed by atoms with Crippen LogP contribution >= 0.6 is 11.8 Å². The van der Waals surface area contributed by atoms with Crippen LogP contribution in [0.3, 0.4) is 0 Å². The molecule has 2 aromatic carbocycles. The van der Waals surface area contributed by atoms with Crippen LogP contribution in [0.1, 0.15) is 6.92 Å². The zero-order chi connectivity index (χ0) is 17.8. The lowest BCUT2D eigenvalue weighted by molar-refractivity contribution is -0.115. The molecule has 1 amide bonds. The normalized spacial score (nSPS) is 12.0. The topological polar surface area (TPSA) is 58.1 Å². The lowest BCUT2D eigenvalue weighted by Gasteiger charge is -2.15. The first-order valence-corrected chi connectivity index (χ1v) is 8.87. The maximum atomic E-state index is 12.5. The van der Waals surface area contributed by atoms with Gasteiger partial charge >= 0.3 is 0 Å². The molecule has 0 radical (unpaired) electrons. The first-order valence-electron chi connectivity index (χ1n) is 7.99. The predicted molar refractivity (Wildman–Crippen MR) is 104 cm³/mol. The number of hydrogen-bond donors (Lipinski definition) is 1. The van der Waals surface area contributed by atoms with Crippen molar-refractivity contribution in [3.63, 3.8) is 0 Å². The molecule has 6 heteroatoms. The van der Waals surface area contributed by atoms with Gasteiger partial charge in [0.25, 0.3) is 0 Å². The smallest absolute Gasteiger partial charge is 0.237 e. The Hall–Kier alpha value is -2.60. The molecule has 0 bridgehead atoms. The van der Waals surface area contributed by atoms with Gasteiger partial charge in [-0.05, 0) is 37.3 Å². The van der Waals surface area contributed by atoms with E-state index in [1.165, 1.54) is 18.1 Å². The molecule has 1 heterocycles. The molecule has 128 valence electrons. The summed E-state index contributed by atoms with van der Waals surface area (Å²) in [6.45, 7) is 1.88. The lowest BCUT2D eigenvalue weighted by atomic mass is 10.2. The minimum absolute atomic E-state index is 0.0507. The summed E-state index contributed by atoms with van der Waals surface area (Å²) >= 11 is 1.44. The number of fused-ring (bicyclic) bond motifs is 1. The van der Waals surface area contributed by atoms with Crippen molar-refractivity contribution in [3.8, 4) is 0 Å². The van der Waals surface area contributed by atoms with E-state index in [4.69, 9.17) is 0 Å². The number of rotatable bonds is 5. The fraction of sp³-hybridized carbons (Fsp3) is 0.211. The zero-order valence-corrected chi connectivity index (χ0v) is 15.2. The van der Waals surface area contributed by atoms with Crippen molar-refractivity contribution in [2.45, 2.75) is 17.2 Å². The fourth-order valence-corrected chi connectivity index (χ4v) is 3.29. The van der Waals surface area contributed by atoms with Crippen molar-refractivity contribution in [1.29, 1.82) is 0 Å². The van der Waals surface area contributed by atoms with Crippen molar-refractivity contribution in [3.05, 3.63) is 54.9 Å². The molecule has 0 aliphatic rings. The van der Waals surface area contributed by atoms with Crippen LogP contribution in [0, 0.1) is 0 Å². The summed E-state index contributed by atoms with van der Waals surface area (Å²) in [7, 11) is 3.97. The first-order chi connectivity index (χ1) is 12.0. The van der Waals surface area contributed by atoms with E-state index in [9.17, 15) is 4.79 Å². The lowest BCUT2D eigenvalue weighted by Crippen LogP contribution is -2.22. The van der Waals surface area contributed by atoms with Crippen molar-refractivity contribution in [2.24, 2.45) is 0 Å². The second-order valence-corrected chi connectivity index (χ2v) is 7.22. The van der Waals surface area contributed by atoms with Gasteiger partial charge in [-0.1, -0.05) is 30.0 Å². The molecule has 3 aromatic rings. The number of anilines is 2. The highest BCUT2D eigenvalue weighted by atomic mass is 32.2. The van der Waals surface area contributed by atoms with Crippen LogP contribution in [0.15, 0.2) is 59.9 Å². The van der Waals surface area contributed by atoms with Gasteiger partial charge in [0, 0.05) is 30.9 Å². The second-order valence-electron chi connectivity index (χ2n) is 5.89. The number of hydrogen-bond acceptors (Lipinski definition) is 5. The van der Waals surface area contributed by atoms with E-state index in [0.29, 0.717) is 0 Å². The molecular weight excluding hydrogens is 332 g/mol. The number of amides is 1. The van der Waals surface area contributed by atoms with Crippen LogP contribution in [-0.4, -0.2) is 35.2 Å². The summed E-state index contributed by atoms with van der Waals surface area (Å²) in [5.74, 6) is -0.0507. The minimum atomic E-state index is -0.271. The summed E-state index contributed by atoms with van der Waals surface area (Å²) in [5.41, 5.74) is 2.76. The molecule has 0 saturated heterocycles. The molecule has 3 rings (SSSR count). The van der Waals surface area contributed by atoms with Gasteiger partial charge in [0.05, 0.1) is 10.8 Å². The Kier molecular flexibility index (Phi) is 5.19. The number of carbonyl (C=O) groups excluding carboxylic acids is 1. The van der Waals surface area contributed by atoms with Crippen LogP contribution in [-0.2, 0) is 4.79 Å². The third-order valence-electron chi connectivity index (χ3n) is 3.82. The van der Waals surface area contributed by atoms with Crippen molar-refractivity contribution < 1.29 is 4.79 Å². The molecule has 5 nitrogen and oxygen atoms in total. The van der Waals surface area contributed by atoms with Gasteiger partial charge in [0.15, 0.2) is 0 Å². The molecule has 1 N–H and O–H groups in total. The molecule has 0 spiro atoms. The fourth-order valence-electron chi connectivity index (χ4n) is 2.38. The van der Waals surface area contributed by atoms with Gasteiger partial charge in [-0.3, -0.25) is 4.79 Å². The molecule has 0 saturated carbocycles. The van der Waals surface area contributed by atoms with E-state index in [-0.39, 0.29) is 11.2 Å². The average molecular weight is 352 g/mol. The number of carbonyl (C=O) groups is 1. The number of aromatic nitrogens is 2. The van der Waals surface area contributed by atoms with Crippen molar-refractivity contribution in [2.75, 3.05) is 24.3 Å². The largest absolute Gasteiger partial charge is 0.378 e. The molecule has 0 unspecified atom stereocenters. The van der Waals surface area contributed by atoms with Crippen molar-refractivity contribution in [1.82, 2.24) is 9.97 Å². The maximum Gasteiger partial charge on any atom is 0.237 e. The van der Waals surface area contributed by atoms with Gasteiger partial charge in [0.1, 0.15) is 11.4 Å². The highest BCUT2D eigenvalue weighted by Gasteiger charge is 2.17. The van der Waals surface area contributed by atoms with Gasteiger partial charge in [-0.2, -0.15) is 0 Å². The Morgan fingerprint density at radius 2 is 1.80 bits per heavy atom. The summed E-state index contributed by atoms with van der Waals surface area (Å²) in [4.78, 5) is 23.1. The highest BCUT2D eigenvalue weighted by Crippen LogP contribution is 2.28. The van der Waals surface area contributed by atoms with Gasteiger partial charge in [0.2, 0.25) is 5.91 Å². The van der Waals surface area contributed by atoms with Gasteiger partial charge < -0.3 is 10.2 Å². The van der Waals surface area contributed by atoms with Crippen molar-refractivity contribution >= 4 is 39.9 Å². The first kappa shape index (κ1) is 17.2. The summed E-state index contributed by atoms with van der Waals surface area (Å²) in [6, 6.07) is 15.6. The van der Waals surface area contributed by atoms with E-state index < -0.39 is 0 Å². The molecule has 1 atom stereocenters. The standard InChI is InChI=1S/C19H20N4OS/c1-13(18(24)22-14-8-10-15(11-9-14)23(2)3)25-19-16-6-4-5-7-17(16)20-12-21-19/h4-13H,1-3H3,(H,22,24)/t13-/m0/s1. The Bertz CT molecular complexity index is 875. The van der Waals surface area contributed by atoms with Crippen LogP contribution in [0.5, 0.6) is 0 Å². The van der Waals surface area contributed by atoms with Crippen LogP contribution in [0.25, 0.3) is 10.9 Å². The third-order valence-corrected chi connectivity index (χ3v) is 4.93. The zero-order valence-electron chi connectivity index (χ0n) is 14.4.